The number of aromatic nitrogens is 1. The Kier molecular flexibility index (Phi) is 15.2. The Balaban J connectivity index is 1.33. The van der Waals surface area contributed by atoms with E-state index >= 15 is 0 Å². The molecule has 278 valence electrons. The van der Waals surface area contributed by atoms with Crippen LogP contribution in [-0.4, -0.2) is 140 Å². The molecule has 0 saturated carbocycles. The third-order valence-electron chi connectivity index (χ3n) is 8.72. The van der Waals surface area contributed by atoms with Crippen molar-refractivity contribution in [2.24, 2.45) is 0 Å². The first-order valence-electron chi connectivity index (χ1n) is 17.1. The number of carboxylic acids is 2. The van der Waals surface area contributed by atoms with Crippen molar-refractivity contribution in [2.75, 3.05) is 64.2 Å². The Morgan fingerprint density at radius 3 is 2.02 bits per heavy atom. The molecule has 0 bridgehead atoms. The summed E-state index contributed by atoms with van der Waals surface area (Å²) in [6, 6.07) is 11.2. The molecule has 4 rings (SSSR count). The van der Waals surface area contributed by atoms with Crippen molar-refractivity contribution in [3.8, 4) is 11.8 Å². The summed E-state index contributed by atoms with van der Waals surface area (Å²) in [5.74, 6) is 3.78. The van der Waals surface area contributed by atoms with Crippen molar-refractivity contribution in [2.45, 2.75) is 45.2 Å². The fourth-order valence-corrected chi connectivity index (χ4v) is 6.23. The number of nitrogens with zero attached hydrogens (tertiary/aromatic N) is 4. The number of amides is 1. The molecular formula is C38H47N5O9. The Morgan fingerprint density at radius 2 is 1.38 bits per heavy atom. The van der Waals surface area contributed by atoms with Gasteiger partial charge in [-0.05, 0) is 74.1 Å². The van der Waals surface area contributed by atoms with E-state index in [4.69, 9.17) is 5.11 Å². The number of carboxylic acid groups (broad SMARTS) is 2. The number of aryl methyl sites for hydroxylation is 1. The number of aliphatic hydroxyl groups excluding tert-OH is 2. The molecule has 7 N–H and O–H groups in total. The molecule has 0 aliphatic heterocycles. The maximum Gasteiger partial charge on any atom is 0.317 e. The van der Waals surface area contributed by atoms with E-state index in [1.54, 1.807) is 24.3 Å². The van der Waals surface area contributed by atoms with E-state index in [2.05, 4.69) is 47.3 Å². The Labute approximate surface area is 303 Å². The van der Waals surface area contributed by atoms with Crippen LogP contribution < -0.4 is 5.32 Å². The normalized spacial score (nSPS) is 14.3. The van der Waals surface area contributed by atoms with Crippen LogP contribution in [0.5, 0.6) is 0 Å². The number of pyridine rings is 1. The number of allylic oxidation sites excluding steroid dienone is 6. The molecule has 1 aromatic heterocycles. The van der Waals surface area contributed by atoms with Gasteiger partial charge in [0.05, 0.1) is 25.3 Å². The molecule has 0 radical (unpaired) electrons. The molecule has 0 unspecified atom stereocenters. The van der Waals surface area contributed by atoms with E-state index in [0.29, 0.717) is 5.69 Å². The molecule has 0 spiro atoms. The number of carbonyl (C=O) groups excluding carboxylic acids is 1. The quantitative estimate of drug-likeness (QED) is 0.0907. The lowest BCUT2D eigenvalue weighted by Gasteiger charge is -2.29. The molecule has 2 aromatic rings. The third kappa shape index (κ3) is 13.1. The maximum atomic E-state index is 12.9. The van der Waals surface area contributed by atoms with Crippen LogP contribution in [0.2, 0.25) is 0 Å². The molecule has 2 aliphatic carbocycles. The molecule has 2 aliphatic rings. The van der Waals surface area contributed by atoms with Gasteiger partial charge in [-0.15, -0.1) is 0 Å². The van der Waals surface area contributed by atoms with Crippen LogP contribution in [0.4, 0.5) is 5.69 Å². The Bertz CT molecular complexity index is 1720. The highest BCUT2D eigenvalue weighted by Crippen LogP contribution is 2.38. The number of fused-ring (bicyclic) bond motifs is 3. The highest BCUT2D eigenvalue weighted by Gasteiger charge is 2.23. The third-order valence-corrected chi connectivity index (χ3v) is 8.72. The van der Waals surface area contributed by atoms with E-state index in [1.807, 2.05) is 12.3 Å². The summed E-state index contributed by atoms with van der Waals surface area (Å²) in [5, 5.41) is 59.0. The van der Waals surface area contributed by atoms with E-state index in [1.165, 1.54) is 37.0 Å². The minimum Gasteiger partial charge on any atom is -0.480 e. The minimum absolute atomic E-state index is 0.0293. The number of aliphatic carboxylic acids is 2. The molecule has 14 nitrogen and oxygen atoms in total. The molecule has 1 amide bonds. The number of carbonyl (C=O) groups is 3. The molecular weight excluding hydrogens is 670 g/mol. The zero-order valence-corrected chi connectivity index (χ0v) is 29.2. The molecule has 0 fully saturated rings. The van der Waals surface area contributed by atoms with Crippen LogP contribution in [0.25, 0.3) is 5.57 Å². The van der Waals surface area contributed by atoms with Gasteiger partial charge in [0.25, 0.3) is 0 Å². The highest BCUT2D eigenvalue weighted by molar-refractivity contribution is 5.92. The molecule has 52 heavy (non-hydrogen) atoms. The first-order chi connectivity index (χ1) is 24.9. The first-order valence-corrected chi connectivity index (χ1v) is 17.1. The predicted octanol–water partition coefficient (Wildman–Crippen LogP) is 1.13. The lowest BCUT2D eigenvalue weighted by atomic mass is 9.82. The van der Waals surface area contributed by atoms with Gasteiger partial charge in [0, 0.05) is 67.9 Å². The average Bonchev–Trinajstić information content (AvgIpc) is 3.07. The van der Waals surface area contributed by atoms with Crippen molar-refractivity contribution < 1.29 is 45.0 Å². The number of hydrogen-bond acceptors (Lipinski definition) is 11. The molecule has 0 atom stereocenters. The Hall–Kier alpha value is -4.72. The van der Waals surface area contributed by atoms with Crippen LogP contribution in [0.3, 0.4) is 0 Å². The molecule has 1 aromatic carbocycles. The van der Waals surface area contributed by atoms with Crippen molar-refractivity contribution in [3.05, 3.63) is 88.3 Å². The number of benzene rings is 1. The van der Waals surface area contributed by atoms with E-state index < -0.39 is 43.5 Å². The van der Waals surface area contributed by atoms with Crippen LogP contribution >= 0.6 is 0 Å². The van der Waals surface area contributed by atoms with Crippen molar-refractivity contribution in [3.63, 3.8) is 0 Å². The lowest BCUT2D eigenvalue weighted by molar-refractivity contribution is -0.141. The zero-order valence-electron chi connectivity index (χ0n) is 29.2. The molecule has 14 heteroatoms. The van der Waals surface area contributed by atoms with Crippen LogP contribution in [0.1, 0.15) is 43.0 Å². The summed E-state index contributed by atoms with van der Waals surface area (Å²) < 4.78 is 0. The van der Waals surface area contributed by atoms with Gasteiger partial charge < -0.3 is 36.0 Å². The second-order valence-corrected chi connectivity index (χ2v) is 12.9. The number of nitrogens with one attached hydrogen (secondary N) is 1. The van der Waals surface area contributed by atoms with E-state index in [-0.39, 0.29) is 45.8 Å². The summed E-state index contributed by atoms with van der Waals surface area (Å²) in [6.07, 6.45) is 6.23. The average molecular weight is 718 g/mol. The van der Waals surface area contributed by atoms with Crippen LogP contribution in [0, 0.1) is 11.8 Å². The van der Waals surface area contributed by atoms with Crippen LogP contribution in [0.15, 0.2) is 71.5 Å². The number of hydrogen-bond donors (Lipinski definition) is 7. The monoisotopic (exact) mass is 717 g/mol. The SMILES string of the molecule is CC1=C2C(=CC=C(C#Cc3ccc(NC(=O)CN(CCN(CCN(CC(=O)O)CC(O)O)CC(=O)O)CC(O)O)cc3)CC1)CCc1cccnc12. The lowest BCUT2D eigenvalue weighted by Crippen LogP contribution is -2.46. The first kappa shape index (κ1) is 40.1. The highest BCUT2D eigenvalue weighted by atomic mass is 16.5. The van der Waals surface area contributed by atoms with Gasteiger partial charge in [0.15, 0.2) is 12.6 Å². The summed E-state index contributed by atoms with van der Waals surface area (Å²) >= 11 is 0. The maximum absolute atomic E-state index is 12.9. The van der Waals surface area contributed by atoms with Gasteiger partial charge in [0.1, 0.15) is 0 Å². The number of aliphatic hydroxyl groups is 4. The van der Waals surface area contributed by atoms with Gasteiger partial charge in [-0.1, -0.05) is 35.6 Å². The number of anilines is 1. The summed E-state index contributed by atoms with van der Waals surface area (Å²) in [5.41, 5.74) is 8.56. The summed E-state index contributed by atoms with van der Waals surface area (Å²) in [6.45, 7) is 0.735. The van der Waals surface area contributed by atoms with Crippen LogP contribution in [-0.2, 0) is 20.8 Å². The van der Waals surface area contributed by atoms with Crippen molar-refractivity contribution in [1.82, 2.24) is 19.7 Å². The van der Waals surface area contributed by atoms with Gasteiger partial charge >= 0.3 is 11.9 Å². The van der Waals surface area contributed by atoms with E-state index in [9.17, 15) is 39.9 Å². The topological polar surface area (TPSA) is 207 Å². The van der Waals surface area contributed by atoms with Crippen molar-refractivity contribution in [1.29, 1.82) is 0 Å². The molecule has 0 saturated heterocycles. The van der Waals surface area contributed by atoms with Gasteiger partial charge in [-0.3, -0.25) is 34.1 Å². The number of rotatable bonds is 17. The Morgan fingerprint density at radius 1 is 0.769 bits per heavy atom. The summed E-state index contributed by atoms with van der Waals surface area (Å²) in [4.78, 5) is 44.4. The van der Waals surface area contributed by atoms with Gasteiger partial charge in [-0.2, -0.15) is 0 Å². The predicted molar refractivity (Wildman–Crippen MR) is 194 cm³/mol. The molecule has 1 heterocycles. The fourth-order valence-electron chi connectivity index (χ4n) is 6.23. The minimum atomic E-state index is -1.77. The van der Waals surface area contributed by atoms with Crippen molar-refractivity contribution >= 4 is 29.1 Å². The summed E-state index contributed by atoms with van der Waals surface area (Å²) in [7, 11) is 0. The zero-order chi connectivity index (χ0) is 37.6. The largest absolute Gasteiger partial charge is 0.480 e. The smallest absolute Gasteiger partial charge is 0.317 e. The standard InChI is InChI=1S/C38H47N5O9/c1-26-4-5-27(8-11-29-12-13-30-3-2-16-39-38(30)37(26)29)6-7-28-9-14-31(15-10-28)40-32(44)21-42(23-34(47)48)19-17-41(22-33(45)46)18-20-43(24-35(49)50)25-36(51)52/h2-3,8-11,14-16,34-35,47-50H,4-5,12-13,17-25H2,1H3,(H,40,44)(H,45,46)(H,51,52). The van der Waals surface area contributed by atoms with Gasteiger partial charge in [0.2, 0.25) is 5.91 Å². The van der Waals surface area contributed by atoms with E-state index in [0.717, 1.165) is 42.5 Å². The second kappa shape index (κ2) is 19.8. The van der Waals surface area contributed by atoms with Gasteiger partial charge in [-0.25, -0.2) is 0 Å². The second-order valence-electron chi connectivity index (χ2n) is 12.9. The fraction of sp³-hybridized carbons (Fsp3) is 0.421.